The van der Waals surface area contributed by atoms with Crippen LogP contribution < -0.4 is 14.8 Å². The molecule has 1 saturated carbocycles. The number of hydrogen-bond donors (Lipinski definition) is 1. The number of rotatable bonds is 7. The van der Waals surface area contributed by atoms with E-state index in [1.807, 2.05) is 13.0 Å². The average molecular weight is 361 g/mol. The van der Waals surface area contributed by atoms with E-state index in [1.165, 1.54) is 23.9 Å². The Balaban J connectivity index is 2.09. The van der Waals surface area contributed by atoms with Gasteiger partial charge in [0.05, 0.1) is 11.6 Å². The van der Waals surface area contributed by atoms with Gasteiger partial charge in [-0.15, -0.1) is 0 Å². The van der Waals surface area contributed by atoms with Gasteiger partial charge in [0.15, 0.2) is 11.5 Å². The van der Waals surface area contributed by atoms with Gasteiger partial charge in [-0.3, -0.25) is 0 Å². The summed E-state index contributed by atoms with van der Waals surface area (Å²) in [7, 11) is 1.65. The molecule has 1 aliphatic carbocycles. The van der Waals surface area contributed by atoms with Crippen LogP contribution in [0.4, 0.5) is 0 Å². The predicted molar refractivity (Wildman–Crippen MR) is 85.7 cm³/mol. The monoisotopic (exact) mass is 359 g/mol. The minimum atomic E-state index is 0.443. The maximum Gasteiger partial charge on any atom is 0.175 e. The number of methoxy groups -OCH3 is 1. The molecular weight excluding hydrogens is 342 g/mol. The highest BCUT2D eigenvalue weighted by Crippen LogP contribution is 2.37. The zero-order valence-electron chi connectivity index (χ0n) is 11.7. The van der Waals surface area contributed by atoms with E-state index in [2.05, 4.69) is 27.3 Å². The molecule has 1 fully saturated rings. The summed E-state index contributed by atoms with van der Waals surface area (Å²) >= 11 is 9.19. The van der Waals surface area contributed by atoms with Crippen LogP contribution in [0.5, 0.6) is 11.5 Å². The zero-order chi connectivity index (χ0) is 14.5. The topological polar surface area (TPSA) is 30.5 Å². The molecule has 0 bridgehead atoms. The first kappa shape index (κ1) is 15.7. The van der Waals surface area contributed by atoms with Gasteiger partial charge in [-0.2, -0.15) is 0 Å². The fourth-order valence-electron chi connectivity index (χ4n) is 1.78. The molecule has 0 heterocycles. The molecule has 3 nitrogen and oxygen atoms in total. The van der Waals surface area contributed by atoms with E-state index in [0.29, 0.717) is 18.4 Å². The highest BCUT2D eigenvalue weighted by molar-refractivity contribution is 9.10. The van der Waals surface area contributed by atoms with Crippen LogP contribution >= 0.6 is 27.5 Å². The van der Waals surface area contributed by atoms with Gasteiger partial charge in [-0.05, 0) is 59.0 Å². The van der Waals surface area contributed by atoms with Gasteiger partial charge in [0, 0.05) is 18.1 Å². The van der Waals surface area contributed by atoms with Crippen molar-refractivity contribution in [3.8, 4) is 11.5 Å². The van der Waals surface area contributed by atoms with Gasteiger partial charge in [0.25, 0.3) is 0 Å². The van der Waals surface area contributed by atoms with E-state index in [-0.39, 0.29) is 0 Å². The Kier molecular flexibility index (Phi) is 5.75. The van der Waals surface area contributed by atoms with E-state index < -0.39 is 0 Å². The molecule has 0 spiro atoms. The van der Waals surface area contributed by atoms with Crippen molar-refractivity contribution in [2.24, 2.45) is 0 Å². The molecule has 0 atom stereocenters. The van der Waals surface area contributed by atoms with Crippen molar-refractivity contribution < 1.29 is 9.47 Å². The molecule has 2 rings (SSSR count). The molecule has 110 valence electrons. The molecule has 1 N–H and O–H groups in total. The van der Waals surface area contributed by atoms with Gasteiger partial charge in [-0.25, -0.2) is 0 Å². The summed E-state index contributed by atoms with van der Waals surface area (Å²) in [5.41, 5.74) is 3.66. The third kappa shape index (κ3) is 4.40. The smallest absolute Gasteiger partial charge is 0.175 e. The van der Waals surface area contributed by atoms with E-state index in [4.69, 9.17) is 21.1 Å². The van der Waals surface area contributed by atoms with Crippen molar-refractivity contribution in [3.63, 3.8) is 0 Å². The molecule has 0 amide bonds. The van der Waals surface area contributed by atoms with E-state index in [9.17, 15) is 0 Å². The molecule has 1 aliphatic rings. The number of halogens is 2. The maximum atomic E-state index is 5.76. The van der Waals surface area contributed by atoms with Crippen LogP contribution in [0, 0.1) is 0 Å². The van der Waals surface area contributed by atoms with Gasteiger partial charge < -0.3 is 14.8 Å². The summed E-state index contributed by atoms with van der Waals surface area (Å²) in [6.45, 7) is 3.21. The van der Waals surface area contributed by atoms with Crippen LogP contribution in [0.25, 0.3) is 0 Å². The van der Waals surface area contributed by atoms with Gasteiger partial charge in [0.2, 0.25) is 0 Å². The molecular formula is C15H19BrClNO2. The molecule has 20 heavy (non-hydrogen) atoms. The van der Waals surface area contributed by atoms with Crippen LogP contribution in [0.3, 0.4) is 0 Å². The first-order valence-electron chi connectivity index (χ1n) is 6.62. The highest BCUT2D eigenvalue weighted by atomic mass is 79.9. The molecule has 0 radical (unpaired) electrons. The van der Waals surface area contributed by atoms with E-state index in [0.717, 1.165) is 22.3 Å². The first-order valence-corrected chi connectivity index (χ1v) is 7.85. The summed E-state index contributed by atoms with van der Waals surface area (Å²) in [6.07, 6.45) is 2.56. The molecule has 1 aromatic carbocycles. The van der Waals surface area contributed by atoms with Gasteiger partial charge >= 0.3 is 0 Å². The molecule has 0 unspecified atom stereocenters. The quantitative estimate of drug-likeness (QED) is 0.789. The molecule has 5 heteroatoms. The zero-order valence-corrected chi connectivity index (χ0v) is 14.1. The van der Waals surface area contributed by atoms with E-state index in [1.54, 1.807) is 7.11 Å². The van der Waals surface area contributed by atoms with Crippen LogP contribution in [0.1, 0.15) is 25.3 Å². The van der Waals surface area contributed by atoms with Crippen molar-refractivity contribution in [3.05, 3.63) is 33.3 Å². The normalized spacial score (nSPS) is 15.3. The SMILES string of the molecule is COc1cc(CNC2CC2)cc(Br)c1OC/C(C)=C/Cl. The lowest BCUT2D eigenvalue weighted by Gasteiger charge is -2.14. The van der Waals surface area contributed by atoms with Crippen LogP contribution in [0.15, 0.2) is 27.7 Å². The highest BCUT2D eigenvalue weighted by Gasteiger charge is 2.20. The number of ether oxygens (including phenoxy) is 2. The van der Waals surface area contributed by atoms with Gasteiger partial charge in [-0.1, -0.05) is 11.6 Å². The number of nitrogens with one attached hydrogen (secondary N) is 1. The van der Waals surface area contributed by atoms with Crippen molar-refractivity contribution in [2.75, 3.05) is 13.7 Å². The Labute approximate surface area is 133 Å². The van der Waals surface area contributed by atoms with E-state index >= 15 is 0 Å². The van der Waals surface area contributed by atoms with Gasteiger partial charge in [0.1, 0.15) is 6.61 Å². The Morgan fingerprint density at radius 2 is 2.25 bits per heavy atom. The second kappa shape index (κ2) is 7.34. The van der Waals surface area contributed by atoms with Crippen molar-refractivity contribution in [2.45, 2.75) is 32.4 Å². The van der Waals surface area contributed by atoms with Crippen molar-refractivity contribution >= 4 is 27.5 Å². The van der Waals surface area contributed by atoms with Crippen LogP contribution in [-0.4, -0.2) is 19.8 Å². The number of benzene rings is 1. The lowest BCUT2D eigenvalue weighted by Crippen LogP contribution is -2.15. The molecule has 0 saturated heterocycles. The summed E-state index contributed by atoms with van der Waals surface area (Å²) in [6, 6.07) is 4.76. The van der Waals surface area contributed by atoms with Crippen LogP contribution in [0.2, 0.25) is 0 Å². The van der Waals surface area contributed by atoms with Crippen molar-refractivity contribution in [1.82, 2.24) is 5.32 Å². The minimum Gasteiger partial charge on any atom is -0.493 e. The third-order valence-electron chi connectivity index (χ3n) is 3.09. The maximum absolute atomic E-state index is 5.76. The van der Waals surface area contributed by atoms with Crippen molar-refractivity contribution in [1.29, 1.82) is 0 Å². The Bertz CT molecular complexity index is 501. The summed E-state index contributed by atoms with van der Waals surface area (Å²) in [5, 5.41) is 3.49. The fourth-order valence-corrected chi connectivity index (χ4v) is 2.45. The number of hydrogen-bond acceptors (Lipinski definition) is 3. The lowest BCUT2D eigenvalue weighted by atomic mass is 10.2. The Hall–Kier alpha value is -0.710. The third-order valence-corrected chi connectivity index (χ3v) is 4.05. The minimum absolute atomic E-state index is 0.443. The average Bonchev–Trinajstić information content (AvgIpc) is 3.27. The fraction of sp³-hybridized carbons (Fsp3) is 0.467. The second-order valence-electron chi connectivity index (χ2n) is 5.01. The second-order valence-corrected chi connectivity index (χ2v) is 6.08. The Morgan fingerprint density at radius 3 is 2.85 bits per heavy atom. The standard InChI is InChI=1S/C15H19BrClNO2/c1-10(7-17)9-20-15-13(16)5-11(6-14(15)19-2)8-18-12-3-4-12/h5-7,12,18H,3-4,8-9H2,1-2H3/b10-7+. The molecule has 0 aromatic heterocycles. The molecule has 0 aliphatic heterocycles. The summed E-state index contributed by atoms with van der Waals surface area (Å²) in [4.78, 5) is 0. The lowest BCUT2D eigenvalue weighted by molar-refractivity contribution is 0.317. The van der Waals surface area contributed by atoms with Crippen LogP contribution in [-0.2, 0) is 6.54 Å². The predicted octanol–water partition coefficient (Wildman–Crippen LogP) is 4.23. The summed E-state index contributed by atoms with van der Waals surface area (Å²) < 4.78 is 12.1. The first-order chi connectivity index (χ1) is 9.63. The Morgan fingerprint density at radius 1 is 1.50 bits per heavy atom. The summed E-state index contributed by atoms with van der Waals surface area (Å²) in [5.74, 6) is 1.44. The largest absolute Gasteiger partial charge is 0.493 e. The molecule has 1 aromatic rings.